The van der Waals surface area contributed by atoms with Crippen LogP contribution in [0.5, 0.6) is 0 Å². The van der Waals surface area contributed by atoms with Gasteiger partial charge in [-0.1, -0.05) is 41.4 Å². The molecule has 0 aliphatic rings. The van der Waals surface area contributed by atoms with Gasteiger partial charge in [-0.15, -0.1) is 11.8 Å². The van der Waals surface area contributed by atoms with Gasteiger partial charge in [-0.05, 0) is 37.3 Å². The molecule has 0 saturated carbocycles. The minimum Gasteiger partial charge on any atom is -0.325 e. The monoisotopic (exact) mass is 325 g/mol. The second-order valence-electron chi connectivity index (χ2n) is 4.19. The Kier molecular flexibility index (Phi) is 5.35. The van der Waals surface area contributed by atoms with Crippen molar-refractivity contribution in [3.8, 4) is 0 Å². The molecule has 0 aromatic heterocycles. The van der Waals surface area contributed by atoms with E-state index in [2.05, 4.69) is 5.32 Å². The smallest absolute Gasteiger partial charge is 0.237 e. The highest BCUT2D eigenvalue weighted by Gasteiger charge is 2.15. The predicted molar refractivity (Wildman–Crippen MR) is 86.9 cm³/mol. The third-order valence-electron chi connectivity index (χ3n) is 2.60. The third kappa shape index (κ3) is 4.17. The molecule has 1 atom stereocenters. The van der Waals surface area contributed by atoms with Gasteiger partial charge in [-0.2, -0.15) is 0 Å². The molecule has 0 aliphatic carbocycles. The number of anilines is 1. The number of carbonyl (C=O) groups excluding carboxylic acids is 1. The molecule has 1 amide bonds. The highest BCUT2D eigenvalue weighted by molar-refractivity contribution is 8.00. The van der Waals surface area contributed by atoms with Crippen LogP contribution in [0.1, 0.15) is 6.92 Å². The number of benzene rings is 2. The summed E-state index contributed by atoms with van der Waals surface area (Å²) in [6.07, 6.45) is 0. The zero-order valence-corrected chi connectivity index (χ0v) is 13.1. The second-order valence-corrected chi connectivity index (χ2v) is 6.42. The number of rotatable bonds is 4. The Morgan fingerprint density at radius 1 is 1.15 bits per heavy atom. The van der Waals surface area contributed by atoms with Gasteiger partial charge in [0.05, 0.1) is 10.3 Å². The standard InChI is InChI=1S/C15H13Cl2NOS/c1-10(20-14-8-3-2-7-13(14)17)15(19)18-12-6-4-5-11(16)9-12/h2-10H,1H3,(H,18,19)/t10-/m0/s1. The zero-order chi connectivity index (χ0) is 14.5. The van der Waals surface area contributed by atoms with Crippen molar-refractivity contribution < 1.29 is 4.79 Å². The van der Waals surface area contributed by atoms with E-state index in [0.29, 0.717) is 15.7 Å². The van der Waals surface area contributed by atoms with Crippen molar-refractivity contribution in [2.75, 3.05) is 5.32 Å². The number of hydrogen-bond donors (Lipinski definition) is 1. The van der Waals surface area contributed by atoms with Crippen molar-refractivity contribution in [1.29, 1.82) is 0 Å². The summed E-state index contributed by atoms with van der Waals surface area (Å²) >= 11 is 13.4. The van der Waals surface area contributed by atoms with E-state index in [1.165, 1.54) is 11.8 Å². The van der Waals surface area contributed by atoms with Crippen LogP contribution in [0, 0.1) is 0 Å². The number of halogens is 2. The third-order valence-corrected chi connectivity index (χ3v) is 4.46. The van der Waals surface area contributed by atoms with E-state index in [4.69, 9.17) is 23.2 Å². The van der Waals surface area contributed by atoms with Gasteiger partial charge in [0.1, 0.15) is 0 Å². The van der Waals surface area contributed by atoms with Gasteiger partial charge in [0.2, 0.25) is 5.91 Å². The maximum atomic E-state index is 12.1. The summed E-state index contributed by atoms with van der Waals surface area (Å²) in [6, 6.07) is 14.5. The fraction of sp³-hybridized carbons (Fsp3) is 0.133. The lowest BCUT2D eigenvalue weighted by Gasteiger charge is -2.13. The highest BCUT2D eigenvalue weighted by Crippen LogP contribution is 2.30. The summed E-state index contributed by atoms with van der Waals surface area (Å²) in [5.74, 6) is -0.0859. The van der Waals surface area contributed by atoms with Crippen molar-refractivity contribution in [3.05, 3.63) is 58.6 Å². The lowest BCUT2D eigenvalue weighted by molar-refractivity contribution is -0.115. The van der Waals surface area contributed by atoms with E-state index in [9.17, 15) is 4.79 Å². The predicted octanol–water partition coefficient (Wildman–Crippen LogP) is 5.11. The van der Waals surface area contributed by atoms with E-state index >= 15 is 0 Å². The van der Waals surface area contributed by atoms with Crippen LogP contribution in [0.2, 0.25) is 10.0 Å². The molecule has 2 aromatic carbocycles. The molecule has 0 radical (unpaired) electrons. The summed E-state index contributed by atoms with van der Waals surface area (Å²) in [5, 5.41) is 3.82. The Hall–Kier alpha value is -1.16. The largest absolute Gasteiger partial charge is 0.325 e. The molecule has 2 rings (SSSR count). The van der Waals surface area contributed by atoms with E-state index in [-0.39, 0.29) is 11.2 Å². The van der Waals surface area contributed by atoms with Crippen LogP contribution < -0.4 is 5.32 Å². The van der Waals surface area contributed by atoms with Crippen LogP contribution in [-0.4, -0.2) is 11.2 Å². The average Bonchev–Trinajstić information content (AvgIpc) is 2.41. The number of thioether (sulfide) groups is 1. The van der Waals surface area contributed by atoms with Gasteiger partial charge in [-0.3, -0.25) is 4.79 Å². The Morgan fingerprint density at radius 3 is 2.60 bits per heavy atom. The molecule has 5 heteroatoms. The molecule has 0 spiro atoms. The van der Waals surface area contributed by atoms with Crippen LogP contribution in [-0.2, 0) is 4.79 Å². The van der Waals surface area contributed by atoms with Crippen molar-refractivity contribution in [2.24, 2.45) is 0 Å². The van der Waals surface area contributed by atoms with Gasteiger partial charge < -0.3 is 5.32 Å². The first-order chi connectivity index (χ1) is 9.56. The summed E-state index contributed by atoms with van der Waals surface area (Å²) in [5.41, 5.74) is 0.689. The molecule has 2 nitrogen and oxygen atoms in total. The number of amides is 1. The molecular formula is C15H13Cl2NOS. The first-order valence-electron chi connectivity index (χ1n) is 6.04. The molecule has 0 bridgehead atoms. The van der Waals surface area contributed by atoms with Gasteiger partial charge >= 0.3 is 0 Å². The minimum atomic E-state index is -0.256. The van der Waals surface area contributed by atoms with Crippen LogP contribution in [0.15, 0.2) is 53.4 Å². The lowest BCUT2D eigenvalue weighted by Crippen LogP contribution is -2.22. The van der Waals surface area contributed by atoms with Crippen molar-refractivity contribution >= 4 is 46.6 Å². The molecule has 2 aromatic rings. The first kappa shape index (κ1) is 15.2. The van der Waals surface area contributed by atoms with Crippen LogP contribution >= 0.6 is 35.0 Å². The molecule has 0 heterocycles. The molecule has 0 aliphatic heterocycles. The van der Waals surface area contributed by atoms with E-state index < -0.39 is 0 Å². The Morgan fingerprint density at radius 2 is 1.90 bits per heavy atom. The fourth-order valence-corrected chi connectivity index (χ4v) is 2.94. The molecule has 0 unspecified atom stereocenters. The zero-order valence-electron chi connectivity index (χ0n) is 10.8. The maximum absolute atomic E-state index is 12.1. The molecule has 104 valence electrons. The van der Waals surface area contributed by atoms with E-state index in [0.717, 1.165) is 4.90 Å². The van der Waals surface area contributed by atoms with Gasteiger partial charge in [0.15, 0.2) is 0 Å². The molecule has 0 fully saturated rings. The van der Waals surface area contributed by atoms with Crippen molar-refractivity contribution in [1.82, 2.24) is 0 Å². The highest BCUT2D eigenvalue weighted by atomic mass is 35.5. The minimum absolute atomic E-state index is 0.0859. The van der Waals surface area contributed by atoms with Crippen LogP contribution in [0.4, 0.5) is 5.69 Å². The van der Waals surface area contributed by atoms with Gasteiger partial charge in [0.25, 0.3) is 0 Å². The summed E-state index contributed by atoms with van der Waals surface area (Å²) in [6.45, 7) is 1.84. The van der Waals surface area contributed by atoms with Crippen molar-refractivity contribution in [2.45, 2.75) is 17.1 Å². The number of hydrogen-bond acceptors (Lipinski definition) is 2. The number of nitrogens with one attached hydrogen (secondary N) is 1. The molecule has 0 saturated heterocycles. The first-order valence-corrected chi connectivity index (χ1v) is 7.67. The summed E-state index contributed by atoms with van der Waals surface area (Å²) in [4.78, 5) is 13.0. The summed E-state index contributed by atoms with van der Waals surface area (Å²) in [7, 11) is 0. The Balaban J connectivity index is 2.01. The molecular weight excluding hydrogens is 313 g/mol. The summed E-state index contributed by atoms with van der Waals surface area (Å²) < 4.78 is 0. The van der Waals surface area contributed by atoms with Gasteiger partial charge in [0, 0.05) is 15.6 Å². The van der Waals surface area contributed by atoms with E-state index in [1.54, 1.807) is 24.3 Å². The normalized spacial score (nSPS) is 11.9. The van der Waals surface area contributed by atoms with Crippen LogP contribution in [0.25, 0.3) is 0 Å². The lowest BCUT2D eigenvalue weighted by atomic mass is 10.3. The SMILES string of the molecule is C[C@H](Sc1ccccc1Cl)C(=O)Nc1cccc(Cl)c1. The Bertz CT molecular complexity index is 618. The van der Waals surface area contributed by atoms with Crippen LogP contribution in [0.3, 0.4) is 0 Å². The van der Waals surface area contributed by atoms with Crippen molar-refractivity contribution in [3.63, 3.8) is 0 Å². The average molecular weight is 326 g/mol. The molecule has 1 N–H and O–H groups in total. The Labute approximate surface area is 132 Å². The number of carbonyl (C=O) groups is 1. The van der Waals surface area contributed by atoms with E-state index in [1.807, 2.05) is 31.2 Å². The maximum Gasteiger partial charge on any atom is 0.237 e. The van der Waals surface area contributed by atoms with Gasteiger partial charge in [-0.25, -0.2) is 0 Å². The molecule has 20 heavy (non-hydrogen) atoms. The topological polar surface area (TPSA) is 29.1 Å². The quantitative estimate of drug-likeness (QED) is 0.791. The second kappa shape index (κ2) is 7.02. The fourth-order valence-electron chi connectivity index (χ4n) is 1.59.